The first kappa shape index (κ1) is 18.6. The molecule has 0 atom stereocenters. The van der Waals surface area contributed by atoms with Crippen molar-refractivity contribution in [1.29, 1.82) is 0 Å². The molecule has 27 heavy (non-hydrogen) atoms. The molecule has 0 N–H and O–H groups in total. The van der Waals surface area contributed by atoms with E-state index in [-0.39, 0.29) is 24.2 Å². The van der Waals surface area contributed by atoms with Crippen LogP contribution in [0.1, 0.15) is 25.0 Å². The van der Waals surface area contributed by atoms with Gasteiger partial charge in [0, 0.05) is 13.1 Å². The Morgan fingerprint density at radius 3 is 2.59 bits per heavy atom. The van der Waals surface area contributed by atoms with Gasteiger partial charge in [-0.25, -0.2) is 9.18 Å². The SMILES string of the molecule is Cc1ccc(F)cc1OCc1c(OC(C)C)cccc1-n1nnn(C)c1=O. The molecule has 3 rings (SSSR count). The Morgan fingerprint density at radius 2 is 1.93 bits per heavy atom. The molecule has 142 valence electrons. The van der Waals surface area contributed by atoms with Gasteiger partial charge in [-0.3, -0.25) is 0 Å². The number of rotatable bonds is 6. The molecule has 8 heteroatoms. The average molecular weight is 372 g/mol. The molecule has 0 saturated carbocycles. The number of hydrogen-bond acceptors (Lipinski definition) is 5. The summed E-state index contributed by atoms with van der Waals surface area (Å²) in [5.74, 6) is 0.605. The second-order valence-corrected chi connectivity index (χ2v) is 6.42. The predicted octanol–water partition coefficient (Wildman–Crippen LogP) is 2.78. The molecule has 7 nitrogen and oxygen atoms in total. The third-order valence-electron chi connectivity index (χ3n) is 3.94. The number of ether oxygens (including phenoxy) is 2. The monoisotopic (exact) mass is 372 g/mol. The van der Waals surface area contributed by atoms with Crippen molar-refractivity contribution in [3.05, 3.63) is 63.8 Å². The fraction of sp³-hybridized carbons (Fsp3) is 0.316. The van der Waals surface area contributed by atoms with Crippen molar-refractivity contribution in [3.63, 3.8) is 0 Å². The summed E-state index contributed by atoms with van der Waals surface area (Å²) in [5.41, 5.74) is 1.54. The fourth-order valence-corrected chi connectivity index (χ4v) is 2.61. The Kier molecular flexibility index (Phi) is 5.25. The molecule has 0 spiro atoms. The lowest BCUT2D eigenvalue weighted by atomic mass is 10.1. The summed E-state index contributed by atoms with van der Waals surface area (Å²) in [4.78, 5) is 12.3. The summed E-state index contributed by atoms with van der Waals surface area (Å²) in [7, 11) is 1.52. The van der Waals surface area contributed by atoms with E-state index in [4.69, 9.17) is 9.47 Å². The molecule has 0 radical (unpaired) electrons. The topological polar surface area (TPSA) is 71.2 Å². The van der Waals surface area contributed by atoms with Crippen LogP contribution in [-0.2, 0) is 13.7 Å². The summed E-state index contributed by atoms with van der Waals surface area (Å²) in [6, 6.07) is 9.65. The molecular weight excluding hydrogens is 351 g/mol. The van der Waals surface area contributed by atoms with Crippen molar-refractivity contribution in [2.75, 3.05) is 0 Å². The first-order chi connectivity index (χ1) is 12.9. The van der Waals surface area contributed by atoms with Crippen LogP contribution in [0.15, 0.2) is 41.2 Å². The second kappa shape index (κ2) is 7.61. The Bertz CT molecular complexity index is 1010. The Morgan fingerprint density at radius 1 is 1.15 bits per heavy atom. The van der Waals surface area contributed by atoms with Crippen LogP contribution in [0.2, 0.25) is 0 Å². The quantitative estimate of drug-likeness (QED) is 0.665. The minimum atomic E-state index is -0.389. The lowest BCUT2D eigenvalue weighted by Crippen LogP contribution is -2.23. The van der Waals surface area contributed by atoms with Gasteiger partial charge in [0.25, 0.3) is 0 Å². The first-order valence-corrected chi connectivity index (χ1v) is 8.53. The van der Waals surface area contributed by atoms with Gasteiger partial charge in [0.1, 0.15) is 23.9 Å². The highest BCUT2D eigenvalue weighted by Crippen LogP contribution is 2.28. The highest BCUT2D eigenvalue weighted by atomic mass is 19.1. The molecular formula is C19H21FN4O3. The first-order valence-electron chi connectivity index (χ1n) is 8.53. The van der Waals surface area contributed by atoms with E-state index in [0.717, 1.165) is 10.2 Å². The van der Waals surface area contributed by atoms with Gasteiger partial charge in [0.05, 0.1) is 17.4 Å². The predicted molar refractivity (Wildman–Crippen MR) is 97.8 cm³/mol. The maximum atomic E-state index is 13.6. The van der Waals surface area contributed by atoms with Gasteiger partial charge in [-0.05, 0) is 55.0 Å². The smallest absolute Gasteiger partial charge is 0.368 e. The third-order valence-corrected chi connectivity index (χ3v) is 3.94. The zero-order chi connectivity index (χ0) is 19.6. The molecule has 0 fully saturated rings. The zero-order valence-electron chi connectivity index (χ0n) is 15.6. The van der Waals surface area contributed by atoms with Crippen molar-refractivity contribution in [2.24, 2.45) is 7.05 Å². The lowest BCUT2D eigenvalue weighted by molar-refractivity contribution is 0.229. The average Bonchev–Trinajstić information content (AvgIpc) is 2.95. The van der Waals surface area contributed by atoms with Gasteiger partial charge in [-0.1, -0.05) is 12.1 Å². The van der Waals surface area contributed by atoms with Gasteiger partial charge in [0.2, 0.25) is 0 Å². The standard InChI is InChI=1S/C19H21FN4O3/c1-12(2)27-17-7-5-6-16(24-19(25)23(4)21-22-24)15(17)11-26-18-10-14(20)9-8-13(18)3/h5-10,12H,11H2,1-4H3. The number of tetrazole rings is 1. The van der Waals surface area contributed by atoms with E-state index >= 15 is 0 Å². The number of aromatic nitrogens is 4. The van der Waals surface area contributed by atoms with Gasteiger partial charge >= 0.3 is 5.69 Å². The van der Waals surface area contributed by atoms with Crippen LogP contribution in [-0.4, -0.2) is 25.9 Å². The Labute approximate surface area is 155 Å². The van der Waals surface area contributed by atoms with Crippen molar-refractivity contribution in [1.82, 2.24) is 19.8 Å². The highest BCUT2D eigenvalue weighted by molar-refractivity contribution is 5.49. The molecule has 0 aliphatic carbocycles. The summed E-state index contributed by atoms with van der Waals surface area (Å²) in [6.45, 7) is 5.72. The Balaban J connectivity index is 2.04. The molecule has 0 amide bonds. The second-order valence-electron chi connectivity index (χ2n) is 6.42. The van der Waals surface area contributed by atoms with Crippen molar-refractivity contribution in [2.45, 2.75) is 33.5 Å². The van der Waals surface area contributed by atoms with Gasteiger partial charge < -0.3 is 9.47 Å². The Hall–Kier alpha value is -3.16. The van der Waals surface area contributed by atoms with E-state index in [1.165, 1.54) is 23.9 Å². The molecule has 0 aliphatic rings. The largest absolute Gasteiger partial charge is 0.491 e. The molecule has 0 aliphatic heterocycles. The van der Waals surface area contributed by atoms with Crippen LogP contribution in [0.3, 0.4) is 0 Å². The molecule has 1 aromatic heterocycles. The van der Waals surface area contributed by atoms with Crippen LogP contribution in [0.5, 0.6) is 11.5 Å². The van der Waals surface area contributed by atoms with Crippen LogP contribution in [0.4, 0.5) is 4.39 Å². The number of nitrogens with zero attached hydrogens (tertiary/aromatic N) is 4. The van der Waals surface area contributed by atoms with Crippen LogP contribution in [0.25, 0.3) is 5.69 Å². The number of aryl methyl sites for hydroxylation is 2. The lowest BCUT2D eigenvalue weighted by Gasteiger charge is -2.18. The molecule has 0 unspecified atom stereocenters. The van der Waals surface area contributed by atoms with E-state index in [0.29, 0.717) is 22.7 Å². The van der Waals surface area contributed by atoms with Gasteiger partial charge in [-0.15, -0.1) is 0 Å². The molecule has 0 saturated heterocycles. The fourth-order valence-electron chi connectivity index (χ4n) is 2.61. The van der Waals surface area contributed by atoms with E-state index in [1.807, 2.05) is 20.8 Å². The highest BCUT2D eigenvalue weighted by Gasteiger charge is 2.17. The summed E-state index contributed by atoms with van der Waals surface area (Å²) < 4.78 is 27.6. The third kappa shape index (κ3) is 3.99. The van der Waals surface area contributed by atoms with Gasteiger partial charge in [-0.2, -0.15) is 9.36 Å². The van der Waals surface area contributed by atoms with Crippen molar-refractivity contribution < 1.29 is 13.9 Å². The van der Waals surface area contributed by atoms with Gasteiger partial charge in [0.15, 0.2) is 0 Å². The van der Waals surface area contributed by atoms with Crippen LogP contribution < -0.4 is 15.2 Å². The van der Waals surface area contributed by atoms with Crippen LogP contribution in [0, 0.1) is 12.7 Å². The molecule has 2 aromatic carbocycles. The minimum absolute atomic E-state index is 0.0749. The molecule has 1 heterocycles. The number of benzene rings is 2. The van der Waals surface area contributed by atoms with Crippen molar-refractivity contribution in [3.8, 4) is 17.2 Å². The maximum absolute atomic E-state index is 13.6. The summed E-state index contributed by atoms with van der Waals surface area (Å²) >= 11 is 0. The molecule has 3 aromatic rings. The molecule has 0 bridgehead atoms. The van der Waals surface area contributed by atoms with Crippen LogP contribution >= 0.6 is 0 Å². The maximum Gasteiger partial charge on any atom is 0.368 e. The number of hydrogen-bond donors (Lipinski definition) is 0. The number of halogens is 1. The van der Waals surface area contributed by atoms with E-state index in [2.05, 4.69) is 10.4 Å². The van der Waals surface area contributed by atoms with E-state index in [1.54, 1.807) is 24.3 Å². The van der Waals surface area contributed by atoms with E-state index < -0.39 is 0 Å². The minimum Gasteiger partial charge on any atom is -0.491 e. The van der Waals surface area contributed by atoms with E-state index in [9.17, 15) is 9.18 Å². The zero-order valence-corrected chi connectivity index (χ0v) is 15.6. The summed E-state index contributed by atoms with van der Waals surface area (Å²) in [5, 5.41) is 7.65. The summed E-state index contributed by atoms with van der Waals surface area (Å²) in [6.07, 6.45) is -0.0755. The van der Waals surface area contributed by atoms with Crippen molar-refractivity contribution >= 4 is 0 Å². The normalized spacial score (nSPS) is 11.0.